The number of methoxy groups -OCH3 is 1. The van der Waals surface area contributed by atoms with E-state index in [1.165, 1.54) is 0 Å². The third-order valence-electron chi connectivity index (χ3n) is 4.20. The lowest BCUT2D eigenvalue weighted by molar-refractivity contribution is 0.0949. The Morgan fingerprint density at radius 1 is 1.18 bits per heavy atom. The van der Waals surface area contributed by atoms with E-state index in [9.17, 15) is 4.79 Å². The second-order valence-corrected chi connectivity index (χ2v) is 6.99. The quantitative estimate of drug-likeness (QED) is 0.516. The van der Waals surface area contributed by atoms with Gasteiger partial charge in [0.05, 0.1) is 36.2 Å². The number of nitrogens with zero attached hydrogens (tertiary/aromatic N) is 1. The minimum absolute atomic E-state index is 0.130. The number of carbonyl (C=O) groups excluding carboxylic acids is 1. The third kappa shape index (κ3) is 4.52. The lowest BCUT2D eigenvalue weighted by atomic mass is 10.1. The van der Waals surface area contributed by atoms with Gasteiger partial charge in [-0.2, -0.15) is 0 Å². The van der Waals surface area contributed by atoms with Gasteiger partial charge in [0.2, 0.25) is 0 Å². The number of benzene rings is 2. The Kier molecular flexibility index (Phi) is 6.34. The predicted molar refractivity (Wildman–Crippen MR) is 114 cm³/mol. The average molecular weight is 399 g/mol. The van der Waals surface area contributed by atoms with Crippen molar-refractivity contribution in [1.82, 2.24) is 15.6 Å². The van der Waals surface area contributed by atoms with Crippen molar-refractivity contribution in [2.24, 2.45) is 0 Å². The number of ether oxygens (including phenoxy) is 1. The Bertz CT molecular complexity index is 974. The summed E-state index contributed by atoms with van der Waals surface area (Å²) in [7, 11) is 1.59. The molecular formula is C21H23ClN4O2. The van der Waals surface area contributed by atoms with Crippen LogP contribution in [0, 0.1) is 0 Å². The van der Waals surface area contributed by atoms with E-state index < -0.39 is 0 Å². The van der Waals surface area contributed by atoms with Crippen LogP contribution in [-0.4, -0.2) is 30.7 Å². The van der Waals surface area contributed by atoms with Crippen molar-refractivity contribution in [2.45, 2.75) is 19.9 Å². The Morgan fingerprint density at radius 3 is 2.61 bits per heavy atom. The van der Waals surface area contributed by atoms with E-state index in [4.69, 9.17) is 16.3 Å². The van der Waals surface area contributed by atoms with Crippen molar-refractivity contribution in [3.05, 3.63) is 59.2 Å². The van der Waals surface area contributed by atoms with Gasteiger partial charge in [-0.15, -0.1) is 0 Å². The highest BCUT2D eigenvalue weighted by Gasteiger charge is 2.13. The average Bonchev–Trinajstić information content (AvgIpc) is 2.68. The van der Waals surface area contributed by atoms with E-state index in [2.05, 4.69) is 20.9 Å². The Hall–Kier alpha value is -2.83. The van der Waals surface area contributed by atoms with Crippen LogP contribution in [0.25, 0.3) is 10.9 Å². The highest BCUT2D eigenvalue weighted by atomic mass is 35.5. The van der Waals surface area contributed by atoms with E-state index >= 15 is 0 Å². The smallest absolute Gasteiger partial charge is 0.252 e. The second-order valence-electron chi connectivity index (χ2n) is 6.58. The fraction of sp³-hybridized carbons (Fsp3) is 0.238. The van der Waals surface area contributed by atoms with Crippen molar-refractivity contribution in [2.75, 3.05) is 19.1 Å². The molecule has 0 radical (unpaired) electrons. The SMILES string of the molecule is COc1cnc2cccc(Cl)c2c1Nc1ccc(C(=O)NCNC(C)C)cc1. The molecule has 3 rings (SSSR count). The highest BCUT2D eigenvalue weighted by Crippen LogP contribution is 2.37. The van der Waals surface area contributed by atoms with Crippen LogP contribution in [0.1, 0.15) is 24.2 Å². The van der Waals surface area contributed by atoms with Crippen LogP contribution in [0.4, 0.5) is 11.4 Å². The van der Waals surface area contributed by atoms with Gasteiger partial charge >= 0.3 is 0 Å². The van der Waals surface area contributed by atoms with Crippen molar-refractivity contribution < 1.29 is 9.53 Å². The van der Waals surface area contributed by atoms with Gasteiger partial charge in [-0.3, -0.25) is 15.1 Å². The number of fused-ring (bicyclic) bond motifs is 1. The molecule has 3 N–H and O–H groups in total. The first-order chi connectivity index (χ1) is 13.5. The van der Waals surface area contributed by atoms with Gasteiger partial charge in [0.25, 0.3) is 5.91 Å². The molecule has 6 nitrogen and oxygen atoms in total. The molecule has 1 amide bonds. The number of halogens is 1. The molecule has 3 aromatic rings. The number of carbonyl (C=O) groups is 1. The molecular weight excluding hydrogens is 376 g/mol. The summed E-state index contributed by atoms with van der Waals surface area (Å²) in [5.74, 6) is 0.455. The fourth-order valence-corrected chi connectivity index (χ4v) is 3.01. The summed E-state index contributed by atoms with van der Waals surface area (Å²) < 4.78 is 5.45. The summed E-state index contributed by atoms with van der Waals surface area (Å²) in [5.41, 5.74) is 2.89. The van der Waals surface area contributed by atoms with Gasteiger partial charge in [0.1, 0.15) is 0 Å². The molecule has 0 aliphatic heterocycles. The molecule has 146 valence electrons. The standard InChI is InChI=1S/C21H23ClN4O2/c1-13(2)24-12-25-21(27)14-7-9-15(10-8-14)26-20-18(28-3)11-23-17-6-4-5-16(22)19(17)20/h4-11,13,24H,12H2,1-3H3,(H,23,26)(H,25,27). The van der Waals surface area contributed by atoms with E-state index in [-0.39, 0.29) is 5.91 Å². The first kappa shape index (κ1) is 19.9. The van der Waals surface area contributed by atoms with E-state index in [1.54, 1.807) is 25.4 Å². The van der Waals surface area contributed by atoms with Crippen molar-refractivity contribution in [3.8, 4) is 5.75 Å². The van der Waals surface area contributed by atoms with Crippen molar-refractivity contribution in [1.29, 1.82) is 0 Å². The second kappa shape index (κ2) is 8.91. The third-order valence-corrected chi connectivity index (χ3v) is 4.52. The van der Waals surface area contributed by atoms with Crippen LogP contribution in [-0.2, 0) is 0 Å². The summed E-state index contributed by atoms with van der Waals surface area (Å²) in [6, 6.07) is 13.1. The van der Waals surface area contributed by atoms with E-state index in [0.29, 0.717) is 29.0 Å². The predicted octanol–water partition coefficient (Wildman–Crippen LogP) is 4.33. The first-order valence-corrected chi connectivity index (χ1v) is 9.37. The number of pyridine rings is 1. The van der Waals surface area contributed by atoms with Crippen molar-refractivity contribution >= 4 is 39.8 Å². The number of rotatable bonds is 7. The van der Waals surface area contributed by atoms with Crippen LogP contribution >= 0.6 is 11.6 Å². The lowest BCUT2D eigenvalue weighted by Gasteiger charge is -2.15. The van der Waals surface area contributed by atoms with E-state index in [1.807, 2.05) is 44.2 Å². The van der Waals surface area contributed by atoms with Gasteiger partial charge in [0, 0.05) is 22.7 Å². The molecule has 0 aliphatic rings. The molecule has 1 heterocycles. The highest BCUT2D eigenvalue weighted by molar-refractivity contribution is 6.36. The zero-order chi connectivity index (χ0) is 20.1. The van der Waals surface area contributed by atoms with Crippen LogP contribution in [0.5, 0.6) is 5.75 Å². The number of anilines is 2. The summed E-state index contributed by atoms with van der Waals surface area (Å²) in [5, 5.41) is 10.7. The van der Waals surface area contributed by atoms with Gasteiger partial charge < -0.3 is 15.4 Å². The summed E-state index contributed by atoms with van der Waals surface area (Å²) in [6.07, 6.45) is 1.66. The molecule has 0 spiro atoms. The fourth-order valence-electron chi connectivity index (χ4n) is 2.75. The number of hydrogen-bond donors (Lipinski definition) is 3. The lowest BCUT2D eigenvalue weighted by Crippen LogP contribution is -2.37. The molecule has 0 saturated carbocycles. The molecule has 0 fully saturated rings. The van der Waals surface area contributed by atoms with Crippen LogP contribution < -0.4 is 20.7 Å². The van der Waals surface area contributed by atoms with Crippen LogP contribution in [0.15, 0.2) is 48.7 Å². The zero-order valence-corrected chi connectivity index (χ0v) is 16.8. The van der Waals surface area contributed by atoms with Gasteiger partial charge in [-0.1, -0.05) is 17.7 Å². The maximum Gasteiger partial charge on any atom is 0.252 e. The maximum absolute atomic E-state index is 12.2. The molecule has 0 atom stereocenters. The zero-order valence-electron chi connectivity index (χ0n) is 16.0. The maximum atomic E-state index is 12.2. The van der Waals surface area contributed by atoms with Crippen LogP contribution in [0.3, 0.4) is 0 Å². The number of nitrogens with one attached hydrogen (secondary N) is 3. The monoisotopic (exact) mass is 398 g/mol. The summed E-state index contributed by atoms with van der Waals surface area (Å²) in [4.78, 5) is 16.6. The van der Waals surface area contributed by atoms with Crippen LogP contribution in [0.2, 0.25) is 5.02 Å². The van der Waals surface area contributed by atoms with E-state index in [0.717, 1.165) is 22.3 Å². The summed E-state index contributed by atoms with van der Waals surface area (Å²) >= 11 is 6.40. The molecule has 1 aromatic heterocycles. The topological polar surface area (TPSA) is 75.3 Å². The van der Waals surface area contributed by atoms with Gasteiger partial charge in [-0.25, -0.2) is 0 Å². The molecule has 28 heavy (non-hydrogen) atoms. The molecule has 0 unspecified atom stereocenters. The molecule has 0 saturated heterocycles. The Balaban J connectivity index is 1.82. The largest absolute Gasteiger partial charge is 0.493 e. The minimum Gasteiger partial charge on any atom is -0.493 e. The summed E-state index contributed by atoms with van der Waals surface area (Å²) in [6.45, 7) is 4.47. The molecule has 0 aliphatic carbocycles. The molecule has 7 heteroatoms. The van der Waals surface area contributed by atoms with Gasteiger partial charge in [0.15, 0.2) is 5.75 Å². The number of hydrogen-bond acceptors (Lipinski definition) is 5. The number of aromatic nitrogens is 1. The van der Waals surface area contributed by atoms with Crippen molar-refractivity contribution in [3.63, 3.8) is 0 Å². The molecule has 2 aromatic carbocycles. The van der Waals surface area contributed by atoms with Gasteiger partial charge in [-0.05, 0) is 50.2 Å². The first-order valence-electron chi connectivity index (χ1n) is 8.99. The normalized spacial score (nSPS) is 10.9. The number of amides is 1. The Labute approximate surface area is 169 Å². The molecule has 0 bridgehead atoms. The Morgan fingerprint density at radius 2 is 1.93 bits per heavy atom. The minimum atomic E-state index is -0.130.